The van der Waals surface area contributed by atoms with E-state index in [0.717, 1.165) is 12.1 Å². The maximum atomic E-state index is 13.0. The lowest BCUT2D eigenvalue weighted by molar-refractivity contribution is -0.163. The number of carbonyl (C=O) groups is 1. The molecule has 0 atom stereocenters. The molecule has 0 radical (unpaired) electrons. The minimum absolute atomic E-state index is 0.239. The van der Waals surface area contributed by atoms with Crippen molar-refractivity contribution >= 4 is 11.6 Å². The van der Waals surface area contributed by atoms with Crippen molar-refractivity contribution in [2.45, 2.75) is 19.3 Å². The summed E-state index contributed by atoms with van der Waals surface area (Å²) in [5.74, 6) is -7.71. The molecule has 0 saturated carbocycles. The predicted octanol–water partition coefficient (Wildman–Crippen LogP) is 2.97. The highest BCUT2D eigenvalue weighted by atomic mass is 19.3. The van der Waals surface area contributed by atoms with Gasteiger partial charge in [-0.25, -0.2) is 13.2 Å². The highest BCUT2D eigenvalue weighted by molar-refractivity contribution is 5.96. The lowest BCUT2D eigenvalue weighted by Gasteiger charge is -2.14. The van der Waals surface area contributed by atoms with Crippen LogP contribution in [0.25, 0.3) is 0 Å². The van der Waals surface area contributed by atoms with Gasteiger partial charge in [-0.15, -0.1) is 0 Å². The molecule has 1 aromatic carbocycles. The van der Waals surface area contributed by atoms with Gasteiger partial charge in [0.2, 0.25) is 0 Å². The van der Waals surface area contributed by atoms with E-state index in [1.807, 2.05) is 0 Å². The number of amides is 1. The SMILES string of the molecule is Cc1ccc(NC(=O)C(F)(F)C(F)F)cc1F. The molecule has 0 aliphatic rings. The molecule has 0 aliphatic heterocycles. The van der Waals surface area contributed by atoms with Crippen molar-refractivity contribution in [3.8, 4) is 0 Å². The summed E-state index contributed by atoms with van der Waals surface area (Å²) in [7, 11) is 0. The first kappa shape index (κ1) is 13.4. The van der Waals surface area contributed by atoms with E-state index in [-0.39, 0.29) is 11.3 Å². The Morgan fingerprint density at radius 3 is 2.41 bits per heavy atom. The van der Waals surface area contributed by atoms with Crippen molar-refractivity contribution < 1.29 is 26.7 Å². The monoisotopic (exact) mass is 253 g/mol. The topological polar surface area (TPSA) is 29.1 Å². The second-order valence-corrected chi connectivity index (χ2v) is 3.34. The molecule has 0 bridgehead atoms. The molecule has 1 rings (SSSR count). The van der Waals surface area contributed by atoms with Gasteiger partial charge < -0.3 is 5.32 Å². The molecule has 0 spiro atoms. The summed E-state index contributed by atoms with van der Waals surface area (Å²) >= 11 is 0. The largest absolute Gasteiger partial charge is 0.383 e. The number of anilines is 1. The number of hydrogen-bond donors (Lipinski definition) is 1. The Morgan fingerprint density at radius 1 is 1.35 bits per heavy atom. The Balaban J connectivity index is 2.85. The second kappa shape index (κ2) is 4.68. The highest BCUT2D eigenvalue weighted by Gasteiger charge is 2.48. The van der Waals surface area contributed by atoms with Crippen LogP contribution in [0.15, 0.2) is 18.2 Å². The van der Waals surface area contributed by atoms with Crippen LogP contribution in [0, 0.1) is 12.7 Å². The number of benzene rings is 1. The third kappa shape index (κ3) is 2.92. The molecule has 0 fully saturated rings. The number of aryl methyl sites for hydroxylation is 1. The molecule has 1 amide bonds. The minimum atomic E-state index is -4.80. The molecular formula is C10H8F5NO. The molecule has 1 N–H and O–H groups in total. The lowest BCUT2D eigenvalue weighted by atomic mass is 10.2. The molecular weight excluding hydrogens is 245 g/mol. The van der Waals surface area contributed by atoms with E-state index in [0.29, 0.717) is 0 Å². The fourth-order valence-corrected chi connectivity index (χ4v) is 0.984. The van der Waals surface area contributed by atoms with E-state index in [1.54, 1.807) is 0 Å². The lowest BCUT2D eigenvalue weighted by Crippen LogP contribution is -2.41. The predicted molar refractivity (Wildman–Crippen MR) is 50.7 cm³/mol. The van der Waals surface area contributed by atoms with Gasteiger partial charge in [0.25, 0.3) is 0 Å². The minimum Gasteiger partial charge on any atom is -0.321 e. The van der Waals surface area contributed by atoms with Crippen molar-refractivity contribution in [3.05, 3.63) is 29.6 Å². The van der Waals surface area contributed by atoms with Crippen LogP contribution in [0.2, 0.25) is 0 Å². The Kier molecular flexibility index (Phi) is 3.69. The average Bonchev–Trinajstić information content (AvgIpc) is 2.23. The highest BCUT2D eigenvalue weighted by Crippen LogP contribution is 2.25. The zero-order valence-corrected chi connectivity index (χ0v) is 8.61. The van der Waals surface area contributed by atoms with Gasteiger partial charge in [0.05, 0.1) is 0 Å². The van der Waals surface area contributed by atoms with Gasteiger partial charge >= 0.3 is 18.3 Å². The van der Waals surface area contributed by atoms with Crippen LogP contribution in [0.1, 0.15) is 5.56 Å². The summed E-state index contributed by atoms with van der Waals surface area (Å²) in [6.07, 6.45) is -4.11. The number of hydrogen-bond acceptors (Lipinski definition) is 1. The normalized spacial score (nSPS) is 11.7. The molecule has 0 aromatic heterocycles. The number of nitrogens with one attached hydrogen (secondary N) is 1. The molecule has 0 saturated heterocycles. The van der Waals surface area contributed by atoms with Gasteiger partial charge in [-0.05, 0) is 24.6 Å². The fraction of sp³-hybridized carbons (Fsp3) is 0.300. The van der Waals surface area contributed by atoms with Gasteiger partial charge in [-0.3, -0.25) is 4.79 Å². The summed E-state index contributed by atoms with van der Waals surface area (Å²) in [6, 6.07) is 3.14. The van der Waals surface area contributed by atoms with Crippen LogP contribution in [0.3, 0.4) is 0 Å². The van der Waals surface area contributed by atoms with Gasteiger partial charge in [0.1, 0.15) is 5.82 Å². The molecule has 7 heteroatoms. The van der Waals surface area contributed by atoms with E-state index in [9.17, 15) is 26.7 Å². The first-order valence-corrected chi connectivity index (χ1v) is 4.48. The molecule has 17 heavy (non-hydrogen) atoms. The van der Waals surface area contributed by atoms with Crippen LogP contribution in [0.4, 0.5) is 27.6 Å². The standard InChI is InChI=1S/C10H8F5NO/c1-5-2-3-6(4-7(5)11)16-9(17)10(14,15)8(12)13/h2-4,8H,1H3,(H,16,17). The Labute approximate surface area is 93.4 Å². The van der Waals surface area contributed by atoms with E-state index in [4.69, 9.17) is 0 Å². The molecule has 2 nitrogen and oxygen atoms in total. The molecule has 0 aliphatic carbocycles. The van der Waals surface area contributed by atoms with E-state index < -0.39 is 24.1 Å². The molecule has 0 heterocycles. The van der Waals surface area contributed by atoms with Gasteiger partial charge in [0, 0.05) is 5.69 Å². The van der Waals surface area contributed by atoms with Crippen LogP contribution < -0.4 is 5.32 Å². The van der Waals surface area contributed by atoms with Gasteiger partial charge in [-0.1, -0.05) is 6.07 Å². The summed E-state index contributed by atoms with van der Waals surface area (Å²) in [6.45, 7) is 1.43. The zero-order chi connectivity index (χ0) is 13.2. The van der Waals surface area contributed by atoms with Crippen molar-refractivity contribution in [2.24, 2.45) is 0 Å². The number of carbonyl (C=O) groups excluding carboxylic acids is 1. The third-order valence-corrected chi connectivity index (χ3v) is 2.01. The maximum Gasteiger partial charge on any atom is 0.383 e. The number of alkyl halides is 4. The summed E-state index contributed by atoms with van der Waals surface area (Å²) in [4.78, 5) is 10.8. The van der Waals surface area contributed by atoms with E-state index in [2.05, 4.69) is 0 Å². The molecule has 0 unspecified atom stereocenters. The summed E-state index contributed by atoms with van der Waals surface area (Å²) in [5.41, 5.74) is -0.0676. The van der Waals surface area contributed by atoms with Gasteiger partial charge in [0.15, 0.2) is 0 Å². The van der Waals surface area contributed by atoms with E-state index in [1.165, 1.54) is 18.3 Å². The van der Waals surface area contributed by atoms with Crippen LogP contribution in [-0.2, 0) is 4.79 Å². The van der Waals surface area contributed by atoms with Crippen molar-refractivity contribution in [3.63, 3.8) is 0 Å². The number of halogens is 5. The quantitative estimate of drug-likeness (QED) is 0.824. The Morgan fingerprint density at radius 2 is 1.94 bits per heavy atom. The van der Waals surface area contributed by atoms with Gasteiger partial charge in [-0.2, -0.15) is 8.78 Å². The van der Waals surface area contributed by atoms with Crippen LogP contribution >= 0.6 is 0 Å². The molecule has 1 aromatic rings. The first-order valence-electron chi connectivity index (χ1n) is 4.48. The third-order valence-electron chi connectivity index (χ3n) is 2.01. The summed E-state index contributed by atoms with van der Waals surface area (Å²) < 4.78 is 61.7. The maximum absolute atomic E-state index is 13.0. The first-order chi connectivity index (χ1) is 7.75. The van der Waals surface area contributed by atoms with Crippen molar-refractivity contribution in [1.29, 1.82) is 0 Å². The van der Waals surface area contributed by atoms with Crippen molar-refractivity contribution in [1.82, 2.24) is 0 Å². The fourth-order valence-electron chi connectivity index (χ4n) is 0.984. The Bertz CT molecular complexity index is 433. The molecule has 94 valence electrons. The smallest absolute Gasteiger partial charge is 0.321 e. The number of rotatable bonds is 3. The van der Waals surface area contributed by atoms with Crippen LogP contribution in [-0.4, -0.2) is 18.3 Å². The summed E-state index contributed by atoms with van der Waals surface area (Å²) in [5, 5.41) is 1.52. The zero-order valence-electron chi connectivity index (χ0n) is 8.61. The van der Waals surface area contributed by atoms with Crippen LogP contribution in [0.5, 0.6) is 0 Å². The average molecular weight is 253 g/mol. The second-order valence-electron chi connectivity index (χ2n) is 3.34. The van der Waals surface area contributed by atoms with Crippen molar-refractivity contribution in [2.75, 3.05) is 5.32 Å². The van der Waals surface area contributed by atoms with E-state index >= 15 is 0 Å². The Hall–Kier alpha value is -1.66.